The number of rotatable bonds is 6. The Morgan fingerprint density at radius 1 is 1.24 bits per heavy atom. The Hall–Kier alpha value is -3.80. The first-order valence-electron chi connectivity index (χ1n) is 9.73. The maximum atomic E-state index is 14.9. The van der Waals surface area contributed by atoms with Crippen molar-refractivity contribution in [2.45, 2.75) is 19.6 Å². The monoisotopic (exact) mass is 493 g/mol. The minimum absolute atomic E-state index is 0.0409. The molecule has 6 nitrogen and oxygen atoms in total. The van der Waals surface area contributed by atoms with Gasteiger partial charge in [0.1, 0.15) is 24.0 Å². The van der Waals surface area contributed by atoms with Gasteiger partial charge in [-0.3, -0.25) is 4.79 Å². The molecule has 0 bridgehead atoms. The Labute approximate surface area is 193 Å². The average Bonchev–Trinajstić information content (AvgIpc) is 3.34. The molecule has 0 atom stereocenters. The number of carbonyl (C=O) groups is 1. The van der Waals surface area contributed by atoms with Crippen molar-refractivity contribution in [3.63, 3.8) is 0 Å². The van der Waals surface area contributed by atoms with Crippen LogP contribution in [0.1, 0.15) is 4.88 Å². The van der Waals surface area contributed by atoms with Gasteiger partial charge in [0.2, 0.25) is 5.91 Å². The van der Waals surface area contributed by atoms with E-state index in [0.29, 0.717) is 11.2 Å². The molecule has 0 saturated carbocycles. The summed E-state index contributed by atoms with van der Waals surface area (Å²) in [6, 6.07) is 4.36. The molecule has 4 rings (SSSR count). The van der Waals surface area contributed by atoms with Crippen LogP contribution in [0.3, 0.4) is 0 Å². The molecule has 0 aliphatic carbocycles. The number of hydrogen-bond donors (Lipinski definition) is 2. The lowest BCUT2D eigenvalue weighted by Crippen LogP contribution is -2.16. The SMILES string of the molecule is C=CC(=O)Nc1cc(-c2nc(Nc3ncc(C)s3)cc3c2ccn3CC(F)(F)F)c(F)cc1F. The molecule has 0 saturated heterocycles. The molecule has 1 aromatic carbocycles. The number of pyridine rings is 1. The number of hydrogen-bond acceptors (Lipinski definition) is 5. The Morgan fingerprint density at radius 2 is 2.00 bits per heavy atom. The fraction of sp³-hybridized carbons (Fsp3) is 0.136. The number of halogens is 5. The lowest BCUT2D eigenvalue weighted by Gasteiger charge is -2.13. The normalized spacial score (nSPS) is 11.6. The molecule has 4 aromatic rings. The van der Waals surface area contributed by atoms with Crippen LogP contribution in [0.15, 0.2) is 49.3 Å². The first-order valence-corrected chi connectivity index (χ1v) is 10.5. The maximum Gasteiger partial charge on any atom is 0.406 e. The number of benzene rings is 1. The van der Waals surface area contributed by atoms with E-state index in [1.807, 2.05) is 6.92 Å². The summed E-state index contributed by atoms with van der Waals surface area (Å²) in [6.07, 6.45) is -0.773. The molecule has 0 spiro atoms. The van der Waals surface area contributed by atoms with Crippen LogP contribution in [0, 0.1) is 18.6 Å². The summed E-state index contributed by atoms with van der Waals surface area (Å²) < 4.78 is 69.5. The van der Waals surface area contributed by atoms with E-state index in [1.165, 1.54) is 29.7 Å². The van der Waals surface area contributed by atoms with Gasteiger partial charge in [0.15, 0.2) is 5.13 Å². The van der Waals surface area contributed by atoms with E-state index in [4.69, 9.17) is 0 Å². The Kier molecular flexibility index (Phi) is 6.09. The van der Waals surface area contributed by atoms with Gasteiger partial charge in [-0.1, -0.05) is 6.58 Å². The van der Waals surface area contributed by atoms with Crippen molar-refractivity contribution in [2.24, 2.45) is 0 Å². The molecular weight excluding hydrogens is 477 g/mol. The van der Waals surface area contributed by atoms with Gasteiger partial charge in [-0.2, -0.15) is 13.2 Å². The van der Waals surface area contributed by atoms with Crippen LogP contribution in [0.25, 0.3) is 22.2 Å². The van der Waals surface area contributed by atoms with Crippen LogP contribution in [0.2, 0.25) is 0 Å². The second kappa shape index (κ2) is 8.86. The molecular formula is C22H16F5N5OS. The van der Waals surface area contributed by atoms with Gasteiger partial charge in [-0.25, -0.2) is 18.7 Å². The number of anilines is 3. The fourth-order valence-electron chi connectivity index (χ4n) is 3.32. The molecule has 0 radical (unpaired) electrons. The van der Waals surface area contributed by atoms with E-state index in [9.17, 15) is 26.7 Å². The van der Waals surface area contributed by atoms with Crippen LogP contribution in [0.4, 0.5) is 38.6 Å². The van der Waals surface area contributed by atoms with E-state index < -0.39 is 30.3 Å². The van der Waals surface area contributed by atoms with Crippen LogP contribution < -0.4 is 10.6 Å². The number of fused-ring (bicyclic) bond motifs is 1. The number of alkyl halides is 3. The zero-order valence-corrected chi connectivity index (χ0v) is 18.3. The molecule has 12 heteroatoms. The molecule has 0 aliphatic rings. The summed E-state index contributed by atoms with van der Waals surface area (Å²) in [5.41, 5.74) is -0.464. The lowest BCUT2D eigenvalue weighted by molar-refractivity contribution is -0.139. The molecule has 0 aliphatic heterocycles. The maximum absolute atomic E-state index is 14.9. The predicted molar refractivity (Wildman–Crippen MR) is 120 cm³/mol. The summed E-state index contributed by atoms with van der Waals surface area (Å²) in [4.78, 5) is 21.1. The van der Waals surface area contributed by atoms with E-state index in [2.05, 4.69) is 27.2 Å². The van der Waals surface area contributed by atoms with E-state index in [1.54, 1.807) is 6.20 Å². The minimum Gasteiger partial charge on any atom is -0.338 e. The van der Waals surface area contributed by atoms with Gasteiger partial charge in [0, 0.05) is 40.4 Å². The van der Waals surface area contributed by atoms with Crippen molar-refractivity contribution in [2.75, 3.05) is 10.6 Å². The molecule has 0 fully saturated rings. The third-order valence-corrected chi connectivity index (χ3v) is 5.56. The summed E-state index contributed by atoms with van der Waals surface area (Å²) in [6.45, 7) is 3.83. The topological polar surface area (TPSA) is 71.8 Å². The highest BCUT2D eigenvalue weighted by molar-refractivity contribution is 7.15. The number of thiazole rings is 1. The number of nitrogens with one attached hydrogen (secondary N) is 2. The van der Waals surface area contributed by atoms with Gasteiger partial charge < -0.3 is 15.2 Å². The number of carbonyl (C=O) groups excluding carboxylic acids is 1. The number of aryl methyl sites for hydroxylation is 1. The lowest BCUT2D eigenvalue weighted by atomic mass is 10.1. The standard InChI is InChI=1S/C22H16F5N5OS/c1-3-19(33)29-16-6-13(14(23)7-15(16)24)20-12-4-5-32(10-22(25,26)27)17(12)8-18(30-20)31-21-28-9-11(2)34-21/h3-9H,1,10H2,2H3,(H,29,33)(H,28,30,31). The fourth-order valence-corrected chi connectivity index (χ4v) is 3.99. The third kappa shape index (κ3) is 4.91. The molecule has 0 unspecified atom stereocenters. The highest BCUT2D eigenvalue weighted by Gasteiger charge is 2.29. The zero-order chi connectivity index (χ0) is 24.6. The second-order valence-electron chi connectivity index (χ2n) is 7.25. The van der Waals surface area contributed by atoms with Gasteiger partial charge in [0.25, 0.3) is 0 Å². The smallest absolute Gasteiger partial charge is 0.338 e. The Balaban J connectivity index is 1.91. The van der Waals surface area contributed by atoms with E-state index >= 15 is 0 Å². The highest BCUT2D eigenvalue weighted by atomic mass is 32.1. The Bertz CT molecular complexity index is 1410. The van der Waals surface area contributed by atoms with Crippen LogP contribution >= 0.6 is 11.3 Å². The highest BCUT2D eigenvalue weighted by Crippen LogP contribution is 2.36. The molecule has 3 heterocycles. The minimum atomic E-state index is -4.50. The van der Waals surface area contributed by atoms with Gasteiger partial charge in [-0.15, -0.1) is 11.3 Å². The van der Waals surface area contributed by atoms with Crippen molar-refractivity contribution in [3.05, 3.63) is 65.8 Å². The van der Waals surface area contributed by atoms with Crippen molar-refractivity contribution < 1.29 is 26.7 Å². The van der Waals surface area contributed by atoms with Gasteiger partial charge in [0.05, 0.1) is 16.9 Å². The summed E-state index contributed by atoms with van der Waals surface area (Å²) in [7, 11) is 0. The van der Waals surface area contributed by atoms with Gasteiger partial charge in [-0.05, 0) is 25.1 Å². The molecule has 1 amide bonds. The van der Waals surface area contributed by atoms with Crippen LogP contribution in [0.5, 0.6) is 0 Å². The predicted octanol–water partition coefficient (Wildman–Crippen LogP) is 6.18. The molecule has 176 valence electrons. The zero-order valence-electron chi connectivity index (χ0n) is 17.5. The van der Waals surface area contributed by atoms with Gasteiger partial charge >= 0.3 is 6.18 Å². The summed E-state index contributed by atoms with van der Waals surface area (Å²) in [5, 5.41) is 5.79. The van der Waals surface area contributed by atoms with Crippen molar-refractivity contribution in [1.29, 1.82) is 0 Å². The van der Waals surface area contributed by atoms with Crippen LogP contribution in [-0.4, -0.2) is 26.6 Å². The summed E-state index contributed by atoms with van der Waals surface area (Å²) >= 11 is 1.29. The molecule has 3 aromatic heterocycles. The first kappa shape index (κ1) is 23.4. The van der Waals surface area contributed by atoms with E-state index in [-0.39, 0.29) is 33.7 Å². The second-order valence-corrected chi connectivity index (χ2v) is 8.49. The molecule has 34 heavy (non-hydrogen) atoms. The van der Waals surface area contributed by atoms with Crippen molar-refractivity contribution >= 4 is 44.8 Å². The Morgan fingerprint density at radius 3 is 2.65 bits per heavy atom. The number of nitrogens with zero attached hydrogens (tertiary/aromatic N) is 3. The average molecular weight is 493 g/mol. The quantitative estimate of drug-likeness (QED) is 0.249. The van der Waals surface area contributed by atoms with E-state index in [0.717, 1.165) is 21.6 Å². The van der Waals surface area contributed by atoms with Crippen molar-refractivity contribution in [3.8, 4) is 11.3 Å². The molecule has 2 N–H and O–H groups in total. The number of aromatic nitrogens is 3. The first-order chi connectivity index (χ1) is 16.0. The summed E-state index contributed by atoms with van der Waals surface area (Å²) in [5.74, 6) is -2.65. The third-order valence-electron chi connectivity index (χ3n) is 4.73. The number of amides is 1. The largest absolute Gasteiger partial charge is 0.406 e. The van der Waals surface area contributed by atoms with Crippen molar-refractivity contribution in [1.82, 2.24) is 14.5 Å². The van der Waals surface area contributed by atoms with Crippen LogP contribution in [-0.2, 0) is 11.3 Å².